The lowest BCUT2D eigenvalue weighted by atomic mass is 10.2. The van der Waals surface area contributed by atoms with Crippen LogP contribution in [-0.4, -0.2) is 52.7 Å². The van der Waals surface area contributed by atoms with Crippen LogP contribution >= 0.6 is 11.3 Å². The molecule has 0 bridgehead atoms. The average Bonchev–Trinajstić information content (AvgIpc) is 3.32. The van der Waals surface area contributed by atoms with Crippen molar-refractivity contribution in [2.45, 2.75) is 19.0 Å². The first-order valence-corrected chi connectivity index (χ1v) is 9.08. The van der Waals surface area contributed by atoms with Crippen LogP contribution in [0.1, 0.15) is 12.8 Å². The predicted octanol–water partition coefficient (Wildman–Crippen LogP) is 3.62. The number of nitrogens with zero attached hydrogens (tertiary/aromatic N) is 2. The maximum atomic E-state index is 12.9. The van der Waals surface area contributed by atoms with Crippen molar-refractivity contribution in [3.63, 3.8) is 0 Å². The second kappa shape index (κ2) is 9.49. The minimum absolute atomic E-state index is 0.117. The van der Waals surface area contributed by atoms with Crippen molar-refractivity contribution >= 4 is 28.3 Å². The molecule has 11 heteroatoms. The van der Waals surface area contributed by atoms with Gasteiger partial charge in [-0.3, -0.25) is 4.79 Å². The minimum Gasteiger partial charge on any atom is -0.475 e. The van der Waals surface area contributed by atoms with Crippen LogP contribution in [-0.2, 0) is 9.59 Å². The molecule has 152 valence electrons. The third-order valence-corrected chi connectivity index (χ3v) is 4.54. The molecule has 2 N–H and O–H groups in total. The number of rotatable bonds is 4. The molecule has 0 unspecified atom stereocenters. The van der Waals surface area contributed by atoms with Gasteiger partial charge in [-0.25, -0.2) is 14.2 Å². The summed E-state index contributed by atoms with van der Waals surface area (Å²) in [6.07, 6.45) is -2.89. The fourth-order valence-corrected chi connectivity index (χ4v) is 3.06. The second-order valence-electron chi connectivity index (χ2n) is 5.79. The molecular formula is C17H17F4N3O3S. The molecular weight excluding hydrogens is 402 g/mol. The first-order chi connectivity index (χ1) is 13.2. The average molecular weight is 419 g/mol. The molecule has 2 heterocycles. The molecule has 28 heavy (non-hydrogen) atoms. The number of halogens is 4. The lowest BCUT2D eigenvalue weighted by Crippen LogP contribution is -2.32. The normalized spacial score (nSPS) is 13.6. The molecule has 0 saturated carbocycles. The summed E-state index contributed by atoms with van der Waals surface area (Å²) in [5.41, 5.74) is 1.66. The van der Waals surface area contributed by atoms with E-state index in [-0.39, 0.29) is 18.3 Å². The zero-order valence-corrected chi connectivity index (χ0v) is 15.3. The van der Waals surface area contributed by atoms with Crippen molar-refractivity contribution in [3.05, 3.63) is 35.5 Å². The number of hydrogen-bond donors (Lipinski definition) is 2. The number of likely N-dealkylation sites (tertiary alicyclic amines) is 1. The summed E-state index contributed by atoms with van der Waals surface area (Å²) in [5, 5.41) is 12.8. The van der Waals surface area contributed by atoms with Crippen LogP contribution in [0.2, 0.25) is 0 Å². The number of thiazole rings is 1. The van der Waals surface area contributed by atoms with Gasteiger partial charge in [-0.2, -0.15) is 13.2 Å². The van der Waals surface area contributed by atoms with Crippen LogP contribution in [0, 0.1) is 5.82 Å². The summed E-state index contributed by atoms with van der Waals surface area (Å²) in [7, 11) is 0. The molecule has 1 aromatic carbocycles. The molecule has 0 atom stereocenters. The third kappa shape index (κ3) is 6.48. The molecule has 1 aliphatic heterocycles. The summed E-state index contributed by atoms with van der Waals surface area (Å²) in [6, 6.07) is 6.23. The van der Waals surface area contributed by atoms with Gasteiger partial charge in [0.05, 0.1) is 12.2 Å². The highest BCUT2D eigenvalue weighted by Crippen LogP contribution is 2.25. The minimum atomic E-state index is -5.08. The van der Waals surface area contributed by atoms with Crippen LogP contribution in [0.4, 0.5) is 22.7 Å². The number of benzene rings is 1. The number of nitrogens with one attached hydrogen (secondary N) is 1. The fraction of sp³-hybridized carbons (Fsp3) is 0.353. The molecule has 0 radical (unpaired) electrons. The monoisotopic (exact) mass is 419 g/mol. The van der Waals surface area contributed by atoms with Gasteiger partial charge in [0.25, 0.3) is 0 Å². The number of carboxylic acids is 1. The number of anilines is 1. The van der Waals surface area contributed by atoms with Gasteiger partial charge in [-0.1, -0.05) is 0 Å². The summed E-state index contributed by atoms with van der Waals surface area (Å²) in [6.45, 7) is 1.99. The predicted molar refractivity (Wildman–Crippen MR) is 95.5 cm³/mol. The molecule has 1 saturated heterocycles. The number of aromatic nitrogens is 1. The van der Waals surface area contributed by atoms with Crippen LogP contribution in [0.25, 0.3) is 11.3 Å². The largest absolute Gasteiger partial charge is 0.490 e. The molecule has 6 nitrogen and oxygen atoms in total. The first-order valence-electron chi connectivity index (χ1n) is 8.20. The maximum absolute atomic E-state index is 12.9. The van der Waals surface area contributed by atoms with E-state index in [1.165, 1.54) is 23.5 Å². The summed E-state index contributed by atoms with van der Waals surface area (Å²) in [4.78, 5) is 27.1. The van der Waals surface area contributed by atoms with Crippen LogP contribution < -0.4 is 5.32 Å². The molecule has 2 aromatic rings. The van der Waals surface area contributed by atoms with E-state index < -0.39 is 12.1 Å². The van der Waals surface area contributed by atoms with E-state index in [4.69, 9.17) is 9.90 Å². The van der Waals surface area contributed by atoms with E-state index in [0.29, 0.717) is 5.13 Å². The highest BCUT2D eigenvalue weighted by Gasteiger charge is 2.38. The standard InChI is InChI=1S/C15H16FN3OS.C2HF3O2/c16-12-5-3-11(4-6-12)13-10-21-15(18-13)17-9-14(20)19-7-1-2-8-19;3-2(4,5)1(6)7/h3-6,10H,1-2,7-9H2,(H,17,18);(H,6,7). The number of hydrogen-bond acceptors (Lipinski definition) is 5. The van der Waals surface area contributed by atoms with E-state index in [1.54, 1.807) is 12.1 Å². The van der Waals surface area contributed by atoms with E-state index in [2.05, 4.69) is 10.3 Å². The number of alkyl halides is 3. The Balaban J connectivity index is 0.000000345. The Labute approximate surface area is 161 Å². The van der Waals surface area contributed by atoms with Gasteiger partial charge in [-0.15, -0.1) is 11.3 Å². The summed E-state index contributed by atoms with van der Waals surface area (Å²) >= 11 is 1.45. The van der Waals surface area contributed by atoms with Crippen molar-refractivity contribution in [1.82, 2.24) is 9.88 Å². The Kier molecular flexibility index (Phi) is 7.32. The van der Waals surface area contributed by atoms with Gasteiger partial charge in [0.1, 0.15) is 5.82 Å². The van der Waals surface area contributed by atoms with Crippen LogP contribution in [0.15, 0.2) is 29.6 Å². The van der Waals surface area contributed by atoms with Crippen molar-refractivity contribution in [1.29, 1.82) is 0 Å². The van der Waals surface area contributed by atoms with Crippen LogP contribution in [0.3, 0.4) is 0 Å². The van der Waals surface area contributed by atoms with Crippen LogP contribution in [0.5, 0.6) is 0 Å². The lowest BCUT2D eigenvalue weighted by molar-refractivity contribution is -0.192. The second-order valence-corrected chi connectivity index (χ2v) is 6.65. The van der Waals surface area contributed by atoms with E-state index in [0.717, 1.165) is 37.2 Å². The SMILES string of the molecule is O=C(CNc1nc(-c2ccc(F)cc2)cs1)N1CCCC1.O=C(O)C(F)(F)F. The lowest BCUT2D eigenvalue weighted by Gasteiger charge is -2.14. The van der Waals surface area contributed by atoms with Crippen molar-refractivity contribution in [2.24, 2.45) is 0 Å². The first kappa shape index (κ1) is 21.6. The van der Waals surface area contributed by atoms with Gasteiger partial charge < -0.3 is 15.3 Å². The van der Waals surface area contributed by atoms with E-state index in [1.807, 2.05) is 10.3 Å². The third-order valence-electron chi connectivity index (χ3n) is 3.74. The van der Waals surface area contributed by atoms with Gasteiger partial charge in [0.15, 0.2) is 5.13 Å². The number of carbonyl (C=O) groups is 2. The fourth-order valence-electron chi connectivity index (χ4n) is 2.34. The molecule has 1 aliphatic rings. The summed E-state index contributed by atoms with van der Waals surface area (Å²) in [5.74, 6) is -2.90. The zero-order valence-electron chi connectivity index (χ0n) is 14.5. The van der Waals surface area contributed by atoms with E-state index >= 15 is 0 Å². The van der Waals surface area contributed by atoms with Crippen molar-refractivity contribution < 1.29 is 32.3 Å². The topological polar surface area (TPSA) is 82.5 Å². The highest BCUT2D eigenvalue weighted by atomic mass is 32.1. The molecule has 3 rings (SSSR count). The van der Waals surface area contributed by atoms with E-state index in [9.17, 15) is 22.4 Å². The van der Waals surface area contributed by atoms with Crippen molar-refractivity contribution in [3.8, 4) is 11.3 Å². The molecule has 0 spiro atoms. The zero-order chi connectivity index (χ0) is 20.7. The van der Waals surface area contributed by atoms with Gasteiger partial charge in [-0.05, 0) is 37.1 Å². The Hall–Kier alpha value is -2.69. The quantitative estimate of drug-likeness (QED) is 0.740. The van der Waals surface area contributed by atoms with Gasteiger partial charge in [0.2, 0.25) is 5.91 Å². The maximum Gasteiger partial charge on any atom is 0.490 e. The number of aliphatic carboxylic acids is 1. The molecule has 1 amide bonds. The Morgan fingerprint density at radius 2 is 1.75 bits per heavy atom. The smallest absolute Gasteiger partial charge is 0.475 e. The molecule has 1 aromatic heterocycles. The number of carbonyl (C=O) groups excluding carboxylic acids is 1. The summed E-state index contributed by atoms with van der Waals surface area (Å²) < 4.78 is 44.6. The highest BCUT2D eigenvalue weighted by molar-refractivity contribution is 7.14. The molecule has 1 fully saturated rings. The Morgan fingerprint density at radius 3 is 2.29 bits per heavy atom. The van der Waals surface area contributed by atoms with Gasteiger partial charge in [0, 0.05) is 24.0 Å². The Bertz CT molecular complexity index is 803. The van der Waals surface area contributed by atoms with Crippen molar-refractivity contribution in [2.75, 3.05) is 25.0 Å². The van der Waals surface area contributed by atoms with Gasteiger partial charge >= 0.3 is 12.1 Å². The Morgan fingerprint density at radius 1 is 1.18 bits per heavy atom. The molecule has 0 aliphatic carbocycles. The number of amides is 1. The number of carboxylic acid groups (broad SMARTS) is 1.